The van der Waals surface area contributed by atoms with Gasteiger partial charge in [0.2, 0.25) is 0 Å². The minimum absolute atomic E-state index is 0.0122. The third-order valence-corrected chi connectivity index (χ3v) is 4.92. The van der Waals surface area contributed by atoms with Crippen molar-refractivity contribution < 1.29 is 4.79 Å². The minimum Gasteiger partial charge on any atom is -0.337 e. The molecule has 3 rings (SSSR count). The van der Waals surface area contributed by atoms with Crippen molar-refractivity contribution in [1.29, 1.82) is 0 Å². The van der Waals surface area contributed by atoms with E-state index in [4.69, 9.17) is 0 Å². The van der Waals surface area contributed by atoms with Gasteiger partial charge >= 0.3 is 0 Å². The van der Waals surface area contributed by atoms with Crippen LogP contribution in [0.25, 0.3) is 10.9 Å². The predicted octanol–water partition coefficient (Wildman–Crippen LogP) is 4.33. The van der Waals surface area contributed by atoms with Crippen molar-refractivity contribution in [3.8, 4) is 0 Å². The molecule has 0 saturated carbocycles. The Morgan fingerprint density at radius 3 is 2.95 bits per heavy atom. The van der Waals surface area contributed by atoms with Gasteiger partial charge in [0.15, 0.2) is 0 Å². The van der Waals surface area contributed by atoms with E-state index < -0.39 is 0 Å². The largest absolute Gasteiger partial charge is 0.337 e. The number of nitrogens with zero attached hydrogens (tertiary/aromatic N) is 2. The molecule has 0 bridgehead atoms. The molecule has 0 unspecified atom stereocenters. The van der Waals surface area contributed by atoms with E-state index in [2.05, 4.69) is 20.9 Å². The van der Waals surface area contributed by atoms with Crippen molar-refractivity contribution in [3.63, 3.8) is 0 Å². The predicted molar refractivity (Wildman–Crippen MR) is 89.6 cm³/mol. The molecule has 3 aromatic rings. The molecule has 0 saturated heterocycles. The van der Waals surface area contributed by atoms with Crippen molar-refractivity contribution in [2.75, 3.05) is 7.05 Å². The van der Waals surface area contributed by atoms with Crippen LogP contribution in [0.3, 0.4) is 0 Å². The molecule has 3 nitrogen and oxygen atoms in total. The zero-order chi connectivity index (χ0) is 14.8. The topological polar surface area (TPSA) is 33.2 Å². The first-order valence-electron chi connectivity index (χ1n) is 6.47. The summed E-state index contributed by atoms with van der Waals surface area (Å²) in [6.07, 6.45) is 1.74. The highest BCUT2D eigenvalue weighted by atomic mass is 79.9. The number of carbonyl (C=O) groups excluding carboxylic acids is 1. The number of rotatable bonds is 3. The maximum atomic E-state index is 12.7. The molecule has 106 valence electrons. The summed E-state index contributed by atoms with van der Waals surface area (Å²) in [5.41, 5.74) is 1.54. The maximum Gasteiger partial charge on any atom is 0.254 e. The molecule has 2 heterocycles. The number of amides is 1. The van der Waals surface area contributed by atoms with Crippen LogP contribution in [0, 0.1) is 0 Å². The second kappa shape index (κ2) is 5.95. The summed E-state index contributed by atoms with van der Waals surface area (Å²) >= 11 is 5.08. The van der Waals surface area contributed by atoms with Gasteiger partial charge in [-0.2, -0.15) is 0 Å². The number of halogens is 1. The number of hydrogen-bond donors (Lipinski definition) is 0. The van der Waals surface area contributed by atoms with Crippen molar-refractivity contribution >= 4 is 44.1 Å². The van der Waals surface area contributed by atoms with Gasteiger partial charge < -0.3 is 4.90 Å². The van der Waals surface area contributed by atoms with Crippen LogP contribution in [0.1, 0.15) is 15.2 Å². The van der Waals surface area contributed by atoms with Gasteiger partial charge in [-0.3, -0.25) is 9.78 Å². The Labute approximate surface area is 135 Å². The van der Waals surface area contributed by atoms with Gasteiger partial charge in [0.25, 0.3) is 5.91 Å². The van der Waals surface area contributed by atoms with Gasteiger partial charge in [-0.05, 0) is 40.2 Å². The Kier molecular flexibility index (Phi) is 4.03. The second-order valence-electron chi connectivity index (χ2n) is 4.77. The molecule has 5 heteroatoms. The molecule has 21 heavy (non-hydrogen) atoms. The average molecular weight is 361 g/mol. The van der Waals surface area contributed by atoms with Crippen LogP contribution in [0.5, 0.6) is 0 Å². The lowest BCUT2D eigenvalue weighted by Gasteiger charge is -2.17. The fourth-order valence-electron chi connectivity index (χ4n) is 2.24. The number of thiophene rings is 1. The normalized spacial score (nSPS) is 10.8. The molecule has 1 aromatic carbocycles. The maximum absolute atomic E-state index is 12.7. The highest BCUT2D eigenvalue weighted by Gasteiger charge is 2.15. The number of benzene rings is 1. The first kappa shape index (κ1) is 14.2. The molecule has 0 aliphatic heterocycles. The molecule has 0 atom stereocenters. The Morgan fingerprint density at radius 2 is 2.19 bits per heavy atom. The third kappa shape index (κ3) is 2.99. The van der Waals surface area contributed by atoms with Gasteiger partial charge in [0.1, 0.15) is 0 Å². The quantitative estimate of drug-likeness (QED) is 0.696. The van der Waals surface area contributed by atoms with E-state index in [-0.39, 0.29) is 5.91 Å². The van der Waals surface area contributed by atoms with Crippen molar-refractivity contribution in [3.05, 3.63) is 62.9 Å². The molecule has 0 N–H and O–H groups in total. The molecule has 0 spiro atoms. The van der Waals surface area contributed by atoms with E-state index in [0.29, 0.717) is 12.1 Å². The Bertz CT molecular complexity index is 794. The van der Waals surface area contributed by atoms with Crippen LogP contribution in [0.4, 0.5) is 0 Å². The van der Waals surface area contributed by atoms with Gasteiger partial charge in [-0.15, -0.1) is 11.3 Å². The molecule has 0 aliphatic carbocycles. The molecule has 0 fully saturated rings. The first-order chi connectivity index (χ1) is 10.1. The van der Waals surface area contributed by atoms with Crippen LogP contribution in [0.15, 0.2) is 52.4 Å². The van der Waals surface area contributed by atoms with Gasteiger partial charge in [0, 0.05) is 38.9 Å². The Balaban J connectivity index is 1.89. The number of carbonyl (C=O) groups is 1. The lowest BCUT2D eigenvalue weighted by molar-refractivity contribution is 0.0788. The lowest BCUT2D eigenvalue weighted by atomic mass is 10.1. The van der Waals surface area contributed by atoms with Crippen molar-refractivity contribution in [2.45, 2.75) is 6.54 Å². The highest BCUT2D eigenvalue weighted by Crippen LogP contribution is 2.23. The minimum atomic E-state index is 0.0122. The summed E-state index contributed by atoms with van der Waals surface area (Å²) in [6, 6.07) is 11.5. The molecule has 0 aliphatic rings. The van der Waals surface area contributed by atoms with Gasteiger partial charge in [0.05, 0.1) is 12.1 Å². The van der Waals surface area contributed by atoms with Crippen LogP contribution in [-0.2, 0) is 6.54 Å². The van der Waals surface area contributed by atoms with E-state index in [1.807, 2.05) is 48.8 Å². The van der Waals surface area contributed by atoms with Gasteiger partial charge in [-0.25, -0.2) is 0 Å². The van der Waals surface area contributed by atoms with Crippen LogP contribution < -0.4 is 0 Å². The highest BCUT2D eigenvalue weighted by molar-refractivity contribution is 9.10. The number of aromatic nitrogens is 1. The summed E-state index contributed by atoms with van der Waals surface area (Å²) < 4.78 is 1.05. The summed E-state index contributed by atoms with van der Waals surface area (Å²) in [4.78, 5) is 19.8. The van der Waals surface area contributed by atoms with E-state index in [1.54, 1.807) is 22.4 Å². The SMILES string of the molecule is CN(Cc1cc(Br)cs1)C(=O)c1cccc2ncccc12. The fourth-order valence-corrected chi connectivity index (χ4v) is 3.74. The lowest BCUT2D eigenvalue weighted by Crippen LogP contribution is -2.26. The van der Waals surface area contributed by atoms with Crippen molar-refractivity contribution in [1.82, 2.24) is 9.88 Å². The molecule has 0 radical (unpaired) electrons. The smallest absolute Gasteiger partial charge is 0.254 e. The average Bonchev–Trinajstić information content (AvgIpc) is 2.91. The zero-order valence-corrected chi connectivity index (χ0v) is 13.8. The summed E-state index contributed by atoms with van der Waals surface area (Å²) in [5, 5.41) is 2.92. The van der Waals surface area contributed by atoms with E-state index in [1.165, 1.54) is 0 Å². The monoisotopic (exact) mass is 360 g/mol. The van der Waals surface area contributed by atoms with Crippen LogP contribution >= 0.6 is 27.3 Å². The van der Waals surface area contributed by atoms with Gasteiger partial charge in [-0.1, -0.05) is 12.1 Å². The van der Waals surface area contributed by atoms with E-state index in [0.717, 1.165) is 20.3 Å². The van der Waals surface area contributed by atoms with Crippen LogP contribution in [0.2, 0.25) is 0 Å². The zero-order valence-electron chi connectivity index (χ0n) is 11.4. The van der Waals surface area contributed by atoms with Crippen LogP contribution in [-0.4, -0.2) is 22.8 Å². The standard InChI is InChI=1S/C16H13BrN2OS/c1-19(9-12-8-11(17)10-21-12)16(20)14-4-2-6-15-13(14)5-3-7-18-15/h2-8,10H,9H2,1H3. The summed E-state index contributed by atoms with van der Waals surface area (Å²) in [5.74, 6) is 0.0122. The molecule has 2 aromatic heterocycles. The third-order valence-electron chi connectivity index (χ3n) is 3.24. The first-order valence-corrected chi connectivity index (χ1v) is 8.14. The van der Waals surface area contributed by atoms with E-state index >= 15 is 0 Å². The Hall–Kier alpha value is -1.72. The van der Waals surface area contributed by atoms with Crippen molar-refractivity contribution in [2.24, 2.45) is 0 Å². The second-order valence-corrected chi connectivity index (χ2v) is 6.68. The molecule has 1 amide bonds. The number of hydrogen-bond acceptors (Lipinski definition) is 3. The number of pyridine rings is 1. The fraction of sp³-hybridized carbons (Fsp3) is 0.125. The summed E-state index contributed by atoms with van der Waals surface area (Å²) in [6.45, 7) is 0.603. The Morgan fingerprint density at radius 1 is 1.33 bits per heavy atom. The van der Waals surface area contributed by atoms with E-state index in [9.17, 15) is 4.79 Å². The number of fused-ring (bicyclic) bond motifs is 1. The molecular weight excluding hydrogens is 348 g/mol. The summed E-state index contributed by atoms with van der Waals surface area (Å²) in [7, 11) is 1.82. The molecular formula is C16H13BrN2OS.